The van der Waals surface area contributed by atoms with Crippen LogP contribution in [0.25, 0.3) is 0 Å². The molecule has 18 heavy (non-hydrogen) atoms. The summed E-state index contributed by atoms with van der Waals surface area (Å²) in [6.45, 7) is 5.72. The molecule has 4 heteroatoms. The first-order chi connectivity index (χ1) is 8.58. The van der Waals surface area contributed by atoms with Gasteiger partial charge in [0.05, 0.1) is 0 Å². The summed E-state index contributed by atoms with van der Waals surface area (Å²) < 4.78 is 0.993. The maximum absolute atomic E-state index is 12.6. The molecule has 0 radical (unpaired) electrons. The highest BCUT2D eigenvalue weighted by molar-refractivity contribution is 6.01. The van der Waals surface area contributed by atoms with Gasteiger partial charge in [-0.1, -0.05) is 32.0 Å². The second kappa shape index (κ2) is 4.71. The van der Waals surface area contributed by atoms with Gasteiger partial charge in [0.25, 0.3) is 5.66 Å². The SMILES string of the molecule is CCC1(CC)N(O)C(C)C(c2ccccc2)=[N+]1[O-]. The topological polar surface area (TPSA) is 49.5 Å². The lowest BCUT2D eigenvalue weighted by Crippen LogP contribution is -2.49. The van der Waals surface area contributed by atoms with Crippen molar-refractivity contribution >= 4 is 5.71 Å². The molecule has 4 nitrogen and oxygen atoms in total. The van der Waals surface area contributed by atoms with E-state index in [1.807, 2.05) is 51.1 Å². The Balaban J connectivity index is 2.56. The molecule has 0 amide bonds. The van der Waals surface area contributed by atoms with Crippen molar-refractivity contribution in [2.24, 2.45) is 0 Å². The number of hydrogen-bond acceptors (Lipinski definition) is 3. The van der Waals surface area contributed by atoms with Crippen molar-refractivity contribution in [2.45, 2.75) is 45.3 Å². The van der Waals surface area contributed by atoms with E-state index in [0.29, 0.717) is 18.6 Å². The molecular formula is C14H20N2O2. The molecule has 1 aliphatic rings. The molecular weight excluding hydrogens is 228 g/mol. The monoisotopic (exact) mass is 248 g/mol. The molecule has 0 saturated heterocycles. The van der Waals surface area contributed by atoms with Gasteiger partial charge in [-0.05, 0) is 19.1 Å². The predicted molar refractivity (Wildman–Crippen MR) is 70.6 cm³/mol. The van der Waals surface area contributed by atoms with Crippen LogP contribution in [0.15, 0.2) is 30.3 Å². The lowest BCUT2D eigenvalue weighted by molar-refractivity contribution is -0.591. The van der Waals surface area contributed by atoms with Gasteiger partial charge in [-0.3, -0.25) is 0 Å². The highest BCUT2D eigenvalue weighted by Gasteiger charge is 2.53. The summed E-state index contributed by atoms with van der Waals surface area (Å²) in [6, 6.07) is 9.26. The molecule has 0 saturated carbocycles. The molecule has 2 rings (SSSR count). The standard InChI is InChI=1S/C14H20N2O2/c1-4-14(5-2)15(17)11(3)13(16(14)18)12-9-7-6-8-10-12/h6-11,17H,4-5H2,1-3H3. The highest BCUT2D eigenvalue weighted by atomic mass is 16.6. The number of hydroxylamine groups is 3. The quantitative estimate of drug-likeness (QED) is 0.660. The lowest BCUT2D eigenvalue weighted by atomic mass is 10.0. The van der Waals surface area contributed by atoms with Gasteiger partial charge in [0.15, 0.2) is 0 Å². The fourth-order valence-corrected chi connectivity index (χ4v) is 2.79. The first-order valence-electron chi connectivity index (χ1n) is 6.46. The van der Waals surface area contributed by atoms with E-state index in [9.17, 15) is 10.4 Å². The smallest absolute Gasteiger partial charge is 0.250 e. The Labute approximate surface area is 108 Å². The molecule has 1 unspecified atom stereocenters. The molecule has 0 aromatic heterocycles. The minimum Gasteiger partial charge on any atom is -0.622 e. The Bertz CT molecular complexity index is 452. The molecule has 1 atom stereocenters. The van der Waals surface area contributed by atoms with Crippen LogP contribution in [0.1, 0.15) is 39.2 Å². The molecule has 1 aromatic carbocycles. The maximum atomic E-state index is 12.6. The fraction of sp³-hybridized carbons (Fsp3) is 0.500. The first kappa shape index (κ1) is 13.1. The summed E-state index contributed by atoms with van der Waals surface area (Å²) in [5.41, 5.74) is 0.689. The number of rotatable bonds is 3. The Morgan fingerprint density at radius 3 is 2.28 bits per heavy atom. The summed E-state index contributed by atoms with van der Waals surface area (Å²) >= 11 is 0. The Kier molecular flexibility index (Phi) is 3.41. The summed E-state index contributed by atoms with van der Waals surface area (Å²) in [4.78, 5) is 0. The average Bonchev–Trinajstić information content (AvgIpc) is 2.59. The fourth-order valence-electron chi connectivity index (χ4n) is 2.79. The molecule has 0 fully saturated rings. The molecule has 0 spiro atoms. The predicted octanol–water partition coefficient (Wildman–Crippen LogP) is 2.60. The lowest BCUT2D eigenvalue weighted by Gasteiger charge is -2.30. The zero-order chi connectivity index (χ0) is 13.3. The third-order valence-electron chi connectivity index (χ3n) is 3.99. The van der Waals surface area contributed by atoms with Crippen LogP contribution >= 0.6 is 0 Å². The van der Waals surface area contributed by atoms with Crippen LogP contribution in [0.5, 0.6) is 0 Å². The van der Waals surface area contributed by atoms with Gasteiger partial charge in [-0.25, -0.2) is 0 Å². The van der Waals surface area contributed by atoms with Crippen LogP contribution in [0.3, 0.4) is 0 Å². The maximum Gasteiger partial charge on any atom is 0.250 e. The summed E-state index contributed by atoms with van der Waals surface area (Å²) in [7, 11) is 0. The Hall–Kier alpha value is -1.39. The average molecular weight is 248 g/mol. The van der Waals surface area contributed by atoms with E-state index in [2.05, 4.69) is 0 Å². The molecule has 1 N–H and O–H groups in total. The number of nitrogens with zero attached hydrogens (tertiary/aromatic N) is 2. The van der Waals surface area contributed by atoms with Crippen LogP contribution in [-0.2, 0) is 0 Å². The van der Waals surface area contributed by atoms with E-state index in [-0.39, 0.29) is 6.04 Å². The second-order valence-corrected chi connectivity index (χ2v) is 4.76. The zero-order valence-electron chi connectivity index (χ0n) is 11.1. The van der Waals surface area contributed by atoms with Crippen molar-refractivity contribution in [3.05, 3.63) is 41.1 Å². The summed E-state index contributed by atoms with van der Waals surface area (Å²) in [5, 5.41) is 24.1. The van der Waals surface area contributed by atoms with Gasteiger partial charge in [0, 0.05) is 18.4 Å². The van der Waals surface area contributed by atoms with Crippen molar-refractivity contribution in [2.75, 3.05) is 0 Å². The normalized spacial score (nSPS) is 23.7. The minimum absolute atomic E-state index is 0.287. The third-order valence-corrected chi connectivity index (χ3v) is 3.99. The van der Waals surface area contributed by atoms with Crippen molar-refractivity contribution < 1.29 is 9.95 Å². The molecule has 1 heterocycles. The molecule has 98 valence electrons. The van der Waals surface area contributed by atoms with Crippen LogP contribution in [-0.4, -0.2) is 32.4 Å². The molecule has 1 aliphatic heterocycles. The van der Waals surface area contributed by atoms with E-state index in [1.54, 1.807) is 0 Å². The third kappa shape index (κ3) is 1.64. The first-order valence-corrected chi connectivity index (χ1v) is 6.46. The van der Waals surface area contributed by atoms with Gasteiger partial charge in [-0.2, -0.15) is 4.74 Å². The second-order valence-electron chi connectivity index (χ2n) is 4.76. The van der Waals surface area contributed by atoms with Gasteiger partial charge in [0.1, 0.15) is 6.04 Å². The zero-order valence-corrected chi connectivity index (χ0v) is 11.1. The molecule has 0 bridgehead atoms. The Morgan fingerprint density at radius 2 is 1.83 bits per heavy atom. The summed E-state index contributed by atoms with van der Waals surface area (Å²) in [6.07, 6.45) is 1.17. The molecule has 1 aromatic rings. The summed E-state index contributed by atoms with van der Waals surface area (Å²) in [5.74, 6) is 0. The van der Waals surface area contributed by atoms with Gasteiger partial charge in [0.2, 0.25) is 5.71 Å². The van der Waals surface area contributed by atoms with Crippen molar-refractivity contribution in [1.29, 1.82) is 0 Å². The van der Waals surface area contributed by atoms with Crippen molar-refractivity contribution in [1.82, 2.24) is 5.06 Å². The van der Waals surface area contributed by atoms with Crippen LogP contribution in [0.4, 0.5) is 0 Å². The molecule has 0 aliphatic carbocycles. The van der Waals surface area contributed by atoms with Crippen molar-refractivity contribution in [3.63, 3.8) is 0 Å². The van der Waals surface area contributed by atoms with E-state index < -0.39 is 5.66 Å². The van der Waals surface area contributed by atoms with Gasteiger partial charge >= 0.3 is 0 Å². The largest absolute Gasteiger partial charge is 0.622 e. The van der Waals surface area contributed by atoms with E-state index in [1.165, 1.54) is 5.06 Å². The number of benzene rings is 1. The van der Waals surface area contributed by atoms with E-state index >= 15 is 0 Å². The van der Waals surface area contributed by atoms with Crippen LogP contribution < -0.4 is 0 Å². The van der Waals surface area contributed by atoms with E-state index in [4.69, 9.17) is 0 Å². The Morgan fingerprint density at radius 1 is 1.28 bits per heavy atom. The van der Waals surface area contributed by atoms with Crippen molar-refractivity contribution in [3.8, 4) is 0 Å². The highest BCUT2D eigenvalue weighted by Crippen LogP contribution is 2.33. The van der Waals surface area contributed by atoms with Crippen LogP contribution in [0, 0.1) is 5.21 Å². The minimum atomic E-state index is -0.829. The van der Waals surface area contributed by atoms with E-state index in [0.717, 1.165) is 10.3 Å². The number of hydrogen-bond donors (Lipinski definition) is 1. The van der Waals surface area contributed by atoms with Gasteiger partial charge in [-0.15, -0.1) is 5.06 Å². The van der Waals surface area contributed by atoms with Gasteiger partial charge < -0.3 is 10.4 Å². The van der Waals surface area contributed by atoms with Crippen LogP contribution in [0.2, 0.25) is 0 Å².